The van der Waals surface area contributed by atoms with Crippen molar-refractivity contribution in [2.45, 2.75) is 0 Å². The average molecular weight is 289 g/mol. The van der Waals surface area contributed by atoms with Gasteiger partial charge in [0.05, 0.1) is 18.1 Å². The summed E-state index contributed by atoms with van der Waals surface area (Å²) in [6, 6.07) is 6.14. The highest BCUT2D eigenvalue weighted by Crippen LogP contribution is 2.17. The van der Waals surface area contributed by atoms with Gasteiger partial charge in [-0.15, -0.1) is 12.4 Å². The van der Waals surface area contributed by atoms with Crippen LogP contribution in [0.25, 0.3) is 0 Å². The molecule has 7 heteroatoms. The van der Waals surface area contributed by atoms with Crippen molar-refractivity contribution in [2.24, 2.45) is 0 Å². The lowest BCUT2D eigenvalue weighted by Crippen LogP contribution is -2.38. The molecular formula is C12H17ClN2O4. The van der Waals surface area contributed by atoms with Crippen molar-refractivity contribution in [1.82, 2.24) is 4.90 Å². The lowest BCUT2D eigenvalue weighted by atomic mass is 10.3. The Balaban J connectivity index is 0.00000180. The number of ether oxygens (including phenoxy) is 2. The van der Waals surface area contributed by atoms with Crippen molar-refractivity contribution in [3.05, 3.63) is 34.4 Å². The Bertz CT molecular complexity index is 393. The number of benzene rings is 1. The van der Waals surface area contributed by atoms with Gasteiger partial charge in [-0.3, -0.25) is 15.0 Å². The van der Waals surface area contributed by atoms with Gasteiger partial charge >= 0.3 is 0 Å². The van der Waals surface area contributed by atoms with Crippen LogP contribution in [0.5, 0.6) is 5.75 Å². The number of morpholine rings is 1. The summed E-state index contributed by atoms with van der Waals surface area (Å²) in [7, 11) is 0. The largest absolute Gasteiger partial charge is 0.492 e. The van der Waals surface area contributed by atoms with E-state index in [9.17, 15) is 10.1 Å². The van der Waals surface area contributed by atoms with Gasteiger partial charge in [-0.2, -0.15) is 0 Å². The second-order valence-corrected chi connectivity index (χ2v) is 4.05. The number of rotatable bonds is 5. The first-order chi connectivity index (χ1) is 8.75. The van der Waals surface area contributed by atoms with Gasteiger partial charge in [0, 0.05) is 31.8 Å². The highest BCUT2D eigenvalue weighted by atomic mass is 35.5. The molecule has 1 fully saturated rings. The van der Waals surface area contributed by atoms with E-state index in [2.05, 4.69) is 4.90 Å². The smallest absolute Gasteiger partial charge is 0.269 e. The summed E-state index contributed by atoms with van der Waals surface area (Å²) in [6.45, 7) is 4.85. The molecule has 19 heavy (non-hydrogen) atoms. The SMILES string of the molecule is Cl.O=[N+]([O-])c1ccc(OCCN2CCOCC2)cc1. The maximum Gasteiger partial charge on any atom is 0.269 e. The Kier molecular flexibility index (Phi) is 6.55. The molecule has 0 radical (unpaired) electrons. The zero-order valence-corrected chi connectivity index (χ0v) is 11.3. The topological polar surface area (TPSA) is 64.8 Å². The van der Waals surface area contributed by atoms with Crippen LogP contribution in [0.1, 0.15) is 0 Å². The van der Waals surface area contributed by atoms with E-state index in [-0.39, 0.29) is 18.1 Å². The number of hydrogen-bond donors (Lipinski definition) is 0. The van der Waals surface area contributed by atoms with Gasteiger partial charge in [0.1, 0.15) is 12.4 Å². The van der Waals surface area contributed by atoms with E-state index in [1.165, 1.54) is 12.1 Å². The zero-order valence-electron chi connectivity index (χ0n) is 10.5. The normalized spacial score (nSPS) is 15.6. The standard InChI is InChI=1S/C12H16N2O4.ClH/c15-14(16)11-1-3-12(4-2-11)18-10-7-13-5-8-17-9-6-13;/h1-4H,5-10H2;1H. The predicted molar refractivity (Wildman–Crippen MR) is 73.1 cm³/mol. The minimum absolute atomic E-state index is 0. The Morgan fingerprint density at radius 1 is 1.26 bits per heavy atom. The van der Waals surface area contributed by atoms with Crippen molar-refractivity contribution in [1.29, 1.82) is 0 Å². The fourth-order valence-corrected chi connectivity index (χ4v) is 1.78. The Morgan fingerprint density at radius 3 is 2.47 bits per heavy atom. The molecule has 106 valence electrons. The fraction of sp³-hybridized carbons (Fsp3) is 0.500. The molecule has 1 saturated heterocycles. The lowest BCUT2D eigenvalue weighted by Gasteiger charge is -2.26. The van der Waals surface area contributed by atoms with Crippen LogP contribution in [-0.4, -0.2) is 49.3 Å². The monoisotopic (exact) mass is 288 g/mol. The molecule has 0 bridgehead atoms. The van der Waals surface area contributed by atoms with E-state index in [1.807, 2.05) is 0 Å². The van der Waals surface area contributed by atoms with Crippen molar-refractivity contribution in [3.63, 3.8) is 0 Å². The summed E-state index contributed by atoms with van der Waals surface area (Å²) in [5.74, 6) is 0.661. The van der Waals surface area contributed by atoms with Gasteiger partial charge in [0.2, 0.25) is 0 Å². The molecule has 0 N–H and O–H groups in total. The molecule has 1 aromatic carbocycles. The van der Waals surface area contributed by atoms with Crippen molar-refractivity contribution < 1.29 is 14.4 Å². The summed E-state index contributed by atoms with van der Waals surface area (Å²) in [5.41, 5.74) is 0.0792. The van der Waals surface area contributed by atoms with E-state index in [4.69, 9.17) is 9.47 Å². The van der Waals surface area contributed by atoms with E-state index in [0.29, 0.717) is 12.4 Å². The van der Waals surface area contributed by atoms with E-state index >= 15 is 0 Å². The number of non-ortho nitro benzene ring substituents is 1. The Labute approximate surface area is 117 Å². The fourth-order valence-electron chi connectivity index (χ4n) is 1.78. The molecule has 0 amide bonds. The molecule has 2 rings (SSSR count). The van der Waals surface area contributed by atoms with Gasteiger partial charge < -0.3 is 9.47 Å². The molecule has 1 aliphatic heterocycles. The maximum absolute atomic E-state index is 10.5. The number of nitrogens with zero attached hydrogens (tertiary/aromatic N) is 2. The van der Waals surface area contributed by atoms with Crippen LogP contribution in [-0.2, 0) is 4.74 Å². The van der Waals surface area contributed by atoms with Crippen LogP contribution in [0, 0.1) is 10.1 Å². The quantitative estimate of drug-likeness (QED) is 0.610. The molecule has 1 aromatic rings. The number of nitro groups is 1. The van der Waals surface area contributed by atoms with Crippen molar-refractivity contribution >= 4 is 18.1 Å². The first-order valence-electron chi connectivity index (χ1n) is 5.93. The van der Waals surface area contributed by atoms with Crippen LogP contribution in [0.2, 0.25) is 0 Å². The summed E-state index contributed by atoms with van der Waals surface area (Å²) in [4.78, 5) is 12.3. The molecule has 6 nitrogen and oxygen atoms in total. The first kappa shape index (κ1) is 15.7. The summed E-state index contributed by atoms with van der Waals surface area (Å²) in [5, 5.41) is 10.5. The molecule has 1 aliphatic rings. The van der Waals surface area contributed by atoms with Gasteiger partial charge in [-0.05, 0) is 12.1 Å². The van der Waals surface area contributed by atoms with Crippen LogP contribution >= 0.6 is 12.4 Å². The third-order valence-electron chi connectivity index (χ3n) is 2.83. The second kappa shape index (κ2) is 7.93. The molecule has 0 unspecified atom stereocenters. The third-order valence-corrected chi connectivity index (χ3v) is 2.83. The summed E-state index contributed by atoms with van der Waals surface area (Å²) < 4.78 is 10.8. The van der Waals surface area contributed by atoms with Crippen LogP contribution < -0.4 is 4.74 Å². The number of halogens is 1. The Hall–Kier alpha value is -1.37. The average Bonchev–Trinajstić information content (AvgIpc) is 2.40. The van der Waals surface area contributed by atoms with Gasteiger partial charge in [-0.25, -0.2) is 0 Å². The maximum atomic E-state index is 10.5. The third kappa shape index (κ3) is 5.02. The second-order valence-electron chi connectivity index (χ2n) is 4.05. The number of hydrogen-bond acceptors (Lipinski definition) is 5. The molecule has 1 heterocycles. The zero-order chi connectivity index (χ0) is 12.8. The highest BCUT2D eigenvalue weighted by Gasteiger charge is 2.10. The number of nitro benzene ring substituents is 1. The van der Waals surface area contributed by atoms with E-state index in [1.54, 1.807) is 12.1 Å². The van der Waals surface area contributed by atoms with E-state index < -0.39 is 4.92 Å². The Morgan fingerprint density at radius 2 is 1.89 bits per heavy atom. The van der Waals surface area contributed by atoms with Crippen molar-refractivity contribution in [3.8, 4) is 5.75 Å². The molecule has 0 spiro atoms. The highest BCUT2D eigenvalue weighted by molar-refractivity contribution is 5.85. The van der Waals surface area contributed by atoms with Crippen LogP contribution in [0.4, 0.5) is 5.69 Å². The van der Waals surface area contributed by atoms with Crippen molar-refractivity contribution in [2.75, 3.05) is 39.5 Å². The van der Waals surface area contributed by atoms with Crippen LogP contribution in [0.15, 0.2) is 24.3 Å². The molecule has 0 aromatic heterocycles. The lowest BCUT2D eigenvalue weighted by molar-refractivity contribution is -0.384. The minimum Gasteiger partial charge on any atom is -0.492 e. The molecule has 0 aliphatic carbocycles. The molecule has 0 atom stereocenters. The van der Waals surface area contributed by atoms with Gasteiger partial charge in [0.15, 0.2) is 0 Å². The summed E-state index contributed by atoms with van der Waals surface area (Å²) >= 11 is 0. The van der Waals surface area contributed by atoms with Gasteiger partial charge in [-0.1, -0.05) is 0 Å². The molecule has 0 saturated carbocycles. The van der Waals surface area contributed by atoms with Crippen LogP contribution in [0.3, 0.4) is 0 Å². The minimum atomic E-state index is -0.419. The first-order valence-corrected chi connectivity index (χ1v) is 5.93. The predicted octanol–water partition coefficient (Wildman–Crippen LogP) is 1.73. The molecular weight excluding hydrogens is 272 g/mol. The van der Waals surface area contributed by atoms with E-state index in [0.717, 1.165) is 32.8 Å². The summed E-state index contributed by atoms with van der Waals surface area (Å²) in [6.07, 6.45) is 0. The van der Waals surface area contributed by atoms with Gasteiger partial charge in [0.25, 0.3) is 5.69 Å².